The van der Waals surface area contributed by atoms with Gasteiger partial charge >= 0.3 is 0 Å². The fourth-order valence-corrected chi connectivity index (χ4v) is 0.787. The summed E-state index contributed by atoms with van der Waals surface area (Å²) in [5, 5.41) is 0. The Bertz CT molecular complexity index is 314. The monoisotopic (exact) mass is 133 g/mol. The van der Waals surface area contributed by atoms with Crippen molar-refractivity contribution in [3.05, 3.63) is 18.9 Å². The number of hydrogen-bond acceptors (Lipinski definition) is 3. The van der Waals surface area contributed by atoms with Crippen molar-refractivity contribution < 1.29 is 0 Å². The fraction of sp³-hybridized carbons (Fsp3) is 0.167. The summed E-state index contributed by atoms with van der Waals surface area (Å²) in [5.41, 5.74) is 0.782. The molecule has 4 nitrogen and oxygen atoms in total. The van der Waals surface area contributed by atoms with Crippen molar-refractivity contribution in [1.82, 2.24) is 19.5 Å². The third-order valence-corrected chi connectivity index (χ3v) is 1.24. The number of aromatic nitrogens is 4. The van der Waals surface area contributed by atoms with Crippen molar-refractivity contribution in [3.8, 4) is 11.5 Å². The molecule has 2 aliphatic heterocycles. The van der Waals surface area contributed by atoms with Crippen LogP contribution in [0.5, 0.6) is 0 Å². The Kier molecular flexibility index (Phi) is 0.943. The van der Waals surface area contributed by atoms with E-state index in [-0.39, 0.29) is 0 Å². The molecule has 2 heterocycles. The molecule has 2 aliphatic rings. The van der Waals surface area contributed by atoms with E-state index in [4.69, 9.17) is 0 Å². The molecule has 4 heteroatoms. The van der Waals surface area contributed by atoms with Crippen LogP contribution in [0.15, 0.2) is 12.5 Å². The normalized spacial score (nSPS) is 10.5. The summed E-state index contributed by atoms with van der Waals surface area (Å²) in [7, 11) is 1.89. The van der Waals surface area contributed by atoms with E-state index in [9.17, 15) is 0 Å². The second-order valence-corrected chi connectivity index (χ2v) is 2.07. The Hall–Kier alpha value is -1.45. The molecule has 0 unspecified atom stereocenters. The first-order chi connectivity index (χ1) is 4.86. The molecule has 49 valence electrons. The van der Waals surface area contributed by atoms with E-state index >= 15 is 0 Å². The quantitative estimate of drug-likeness (QED) is 0.512. The topological polar surface area (TPSA) is 43.6 Å². The molecule has 0 aliphatic carbocycles. The second-order valence-electron chi connectivity index (χ2n) is 2.07. The minimum Gasteiger partial charge on any atom is -0.340 e. The predicted molar refractivity (Wildman–Crippen MR) is 34.3 cm³/mol. The van der Waals surface area contributed by atoms with Gasteiger partial charge in [-0.3, -0.25) is 0 Å². The standard InChI is InChI=1S/C6H5N4/c1-10-2-5-6(9-4-10)8-3-7-5/h2,4H,1H3. The average molecular weight is 133 g/mol. The zero-order chi connectivity index (χ0) is 6.97. The highest BCUT2D eigenvalue weighted by atomic mass is 15.1. The van der Waals surface area contributed by atoms with Crippen LogP contribution in [0.1, 0.15) is 0 Å². The van der Waals surface area contributed by atoms with Crippen LogP contribution in [0, 0.1) is 6.33 Å². The molecule has 0 amide bonds. The van der Waals surface area contributed by atoms with Crippen molar-refractivity contribution in [1.29, 1.82) is 0 Å². The SMILES string of the molecule is Cn1cnc2n[c]nc-2c1. The molecule has 2 rings (SSSR count). The third-order valence-electron chi connectivity index (χ3n) is 1.24. The minimum atomic E-state index is 0.651. The lowest BCUT2D eigenvalue weighted by Gasteiger charge is -1.97. The summed E-state index contributed by atoms with van der Waals surface area (Å²) in [4.78, 5) is 11.7. The lowest BCUT2D eigenvalue weighted by molar-refractivity contribution is 0.858. The van der Waals surface area contributed by atoms with Gasteiger partial charge in [-0.1, -0.05) is 0 Å². The lowest BCUT2D eigenvalue weighted by Crippen LogP contribution is -1.94. The Balaban J connectivity index is 2.75. The maximum Gasteiger partial charge on any atom is 0.200 e. The molecular formula is C6H5N4. The summed E-state index contributed by atoms with van der Waals surface area (Å²) < 4.78 is 1.82. The molecule has 0 saturated heterocycles. The molecule has 0 fully saturated rings. The third kappa shape index (κ3) is 0.655. The van der Waals surface area contributed by atoms with E-state index in [0.717, 1.165) is 5.69 Å². The molecule has 0 saturated carbocycles. The molecule has 0 bridgehead atoms. The number of imidazole rings is 1. The first-order valence-electron chi connectivity index (χ1n) is 2.88. The van der Waals surface area contributed by atoms with E-state index in [0.29, 0.717) is 5.82 Å². The van der Waals surface area contributed by atoms with Crippen molar-refractivity contribution >= 4 is 0 Å². The van der Waals surface area contributed by atoms with Crippen molar-refractivity contribution in [3.63, 3.8) is 0 Å². The van der Waals surface area contributed by atoms with Crippen LogP contribution in [0.2, 0.25) is 0 Å². The number of nitrogens with zero attached hydrogens (tertiary/aromatic N) is 4. The highest BCUT2D eigenvalue weighted by Crippen LogP contribution is 2.09. The van der Waals surface area contributed by atoms with Gasteiger partial charge in [0.15, 0.2) is 5.82 Å². The van der Waals surface area contributed by atoms with Crippen LogP contribution in [-0.2, 0) is 7.05 Å². The average Bonchev–Trinajstić information content (AvgIpc) is 2.33. The van der Waals surface area contributed by atoms with Gasteiger partial charge < -0.3 is 4.57 Å². The summed E-state index contributed by atoms with van der Waals surface area (Å²) >= 11 is 0. The predicted octanol–water partition coefficient (Wildman–Crippen LogP) is 0.115. The molecule has 0 N–H and O–H groups in total. The minimum absolute atomic E-state index is 0.651. The molecule has 0 atom stereocenters. The zero-order valence-corrected chi connectivity index (χ0v) is 5.44. The second kappa shape index (κ2) is 1.76. The Labute approximate surface area is 57.9 Å². The van der Waals surface area contributed by atoms with Gasteiger partial charge in [-0.15, -0.1) is 0 Å². The Morgan fingerprint density at radius 2 is 2.40 bits per heavy atom. The maximum atomic E-state index is 4.00. The summed E-state index contributed by atoms with van der Waals surface area (Å²) in [6, 6.07) is 0. The number of aryl methyl sites for hydroxylation is 1. The van der Waals surface area contributed by atoms with Crippen molar-refractivity contribution in [2.75, 3.05) is 0 Å². The van der Waals surface area contributed by atoms with Crippen LogP contribution in [0.4, 0.5) is 0 Å². The first kappa shape index (κ1) is 5.34. The number of hydrogen-bond donors (Lipinski definition) is 0. The molecule has 0 aromatic rings. The Morgan fingerprint density at radius 3 is 3.30 bits per heavy atom. The van der Waals surface area contributed by atoms with Gasteiger partial charge in [0.2, 0.25) is 6.33 Å². The molecular weight excluding hydrogens is 128 g/mol. The van der Waals surface area contributed by atoms with E-state index in [1.165, 1.54) is 0 Å². The van der Waals surface area contributed by atoms with Gasteiger partial charge in [0.25, 0.3) is 0 Å². The van der Waals surface area contributed by atoms with Gasteiger partial charge in [-0.2, -0.15) is 0 Å². The number of fused-ring (bicyclic) bond motifs is 1. The van der Waals surface area contributed by atoms with Gasteiger partial charge in [0, 0.05) is 13.2 Å². The van der Waals surface area contributed by atoms with E-state index in [2.05, 4.69) is 21.3 Å². The maximum absolute atomic E-state index is 4.00. The number of rotatable bonds is 0. The van der Waals surface area contributed by atoms with Crippen LogP contribution in [0.25, 0.3) is 11.5 Å². The van der Waals surface area contributed by atoms with Gasteiger partial charge in [-0.25, -0.2) is 15.0 Å². The summed E-state index contributed by atoms with van der Waals surface area (Å²) in [5.74, 6) is 0.651. The largest absolute Gasteiger partial charge is 0.340 e. The van der Waals surface area contributed by atoms with Crippen LogP contribution < -0.4 is 0 Å². The highest BCUT2D eigenvalue weighted by molar-refractivity contribution is 5.47. The molecule has 10 heavy (non-hydrogen) atoms. The van der Waals surface area contributed by atoms with Crippen molar-refractivity contribution in [2.45, 2.75) is 0 Å². The van der Waals surface area contributed by atoms with Crippen LogP contribution in [-0.4, -0.2) is 19.5 Å². The molecule has 0 spiro atoms. The zero-order valence-electron chi connectivity index (χ0n) is 5.44. The van der Waals surface area contributed by atoms with E-state index < -0.39 is 0 Å². The van der Waals surface area contributed by atoms with Gasteiger partial charge in [0.1, 0.15) is 5.69 Å². The van der Waals surface area contributed by atoms with E-state index in [1.54, 1.807) is 6.33 Å². The Morgan fingerprint density at radius 1 is 1.50 bits per heavy atom. The smallest absolute Gasteiger partial charge is 0.200 e. The fourth-order valence-electron chi connectivity index (χ4n) is 0.787. The first-order valence-corrected chi connectivity index (χ1v) is 2.88. The van der Waals surface area contributed by atoms with Crippen molar-refractivity contribution in [2.24, 2.45) is 7.05 Å². The van der Waals surface area contributed by atoms with Crippen LogP contribution >= 0.6 is 0 Å². The highest BCUT2D eigenvalue weighted by Gasteiger charge is 2.04. The van der Waals surface area contributed by atoms with Gasteiger partial charge in [0.05, 0.1) is 6.33 Å². The molecule has 0 aromatic carbocycles. The van der Waals surface area contributed by atoms with E-state index in [1.807, 2.05) is 17.8 Å². The summed E-state index contributed by atoms with van der Waals surface area (Å²) in [6.45, 7) is 0. The molecule has 0 aromatic heterocycles. The lowest BCUT2D eigenvalue weighted by atomic mass is 10.4. The molecule has 1 radical (unpaired) electrons. The van der Waals surface area contributed by atoms with Gasteiger partial charge in [-0.05, 0) is 0 Å². The summed E-state index contributed by atoms with van der Waals surface area (Å²) in [6.07, 6.45) is 6.03. The van der Waals surface area contributed by atoms with Crippen LogP contribution in [0.3, 0.4) is 0 Å².